The molecule has 0 aromatic heterocycles. The van der Waals surface area contributed by atoms with E-state index in [9.17, 15) is 14.4 Å². The van der Waals surface area contributed by atoms with Gasteiger partial charge < -0.3 is 20.7 Å². The molecule has 5 rings (SSSR count). The molecule has 1 heterocycles. The van der Waals surface area contributed by atoms with Gasteiger partial charge in [0.15, 0.2) is 0 Å². The maximum Gasteiger partial charge on any atom is 0.246 e. The fourth-order valence-electron chi connectivity index (χ4n) is 6.21. The molecule has 212 valence electrons. The summed E-state index contributed by atoms with van der Waals surface area (Å²) in [4.78, 5) is 41.2. The lowest BCUT2D eigenvalue weighted by atomic mass is 9.90. The van der Waals surface area contributed by atoms with Crippen LogP contribution < -0.4 is 26.0 Å². The van der Waals surface area contributed by atoms with Crippen molar-refractivity contribution in [3.63, 3.8) is 0 Å². The van der Waals surface area contributed by atoms with Gasteiger partial charge in [-0.05, 0) is 37.3 Å². The Balaban J connectivity index is 1.44. The molecule has 0 unspecified atom stereocenters. The fourth-order valence-corrected chi connectivity index (χ4v) is 6.21. The van der Waals surface area contributed by atoms with Crippen molar-refractivity contribution in [1.29, 1.82) is 0 Å². The van der Waals surface area contributed by atoms with Crippen LogP contribution in [0.15, 0.2) is 60.7 Å². The molecule has 4 N–H and O–H groups in total. The van der Waals surface area contributed by atoms with E-state index in [1.165, 1.54) is 0 Å². The Morgan fingerprint density at radius 1 is 0.800 bits per heavy atom. The summed E-state index contributed by atoms with van der Waals surface area (Å²) >= 11 is 0. The molecule has 2 fully saturated rings. The normalized spacial score (nSPS) is 24.2. The molecule has 2 aromatic rings. The third-order valence-electron chi connectivity index (χ3n) is 8.47. The van der Waals surface area contributed by atoms with Crippen LogP contribution in [0.4, 0.5) is 0 Å². The van der Waals surface area contributed by atoms with Crippen LogP contribution >= 0.6 is 0 Å². The van der Waals surface area contributed by atoms with Gasteiger partial charge in [-0.25, -0.2) is 0 Å². The largest absolute Gasteiger partial charge is 0.492 e. The zero-order chi connectivity index (χ0) is 27.8. The van der Waals surface area contributed by atoms with Gasteiger partial charge in [0.2, 0.25) is 17.7 Å². The van der Waals surface area contributed by atoms with Crippen LogP contribution in [0.1, 0.15) is 62.5 Å². The van der Waals surface area contributed by atoms with Crippen LogP contribution in [0.3, 0.4) is 0 Å². The summed E-state index contributed by atoms with van der Waals surface area (Å²) < 4.78 is 6.09. The number of nitrogens with one attached hydrogen (secondary N) is 4. The highest BCUT2D eigenvalue weighted by molar-refractivity contribution is 5.97. The smallest absolute Gasteiger partial charge is 0.246 e. The molecule has 40 heavy (non-hydrogen) atoms. The van der Waals surface area contributed by atoms with E-state index >= 15 is 0 Å². The number of benzene rings is 2. The average Bonchev–Trinajstić information content (AvgIpc) is 3.65. The topological polar surface area (TPSA) is 109 Å². The third-order valence-corrected chi connectivity index (χ3v) is 8.47. The van der Waals surface area contributed by atoms with Crippen LogP contribution in [0, 0.1) is 0 Å². The van der Waals surface area contributed by atoms with Crippen LogP contribution in [0.25, 0.3) is 6.08 Å². The van der Waals surface area contributed by atoms with Crippen molar-refractivity contribution in [3.8, 4) is 5.75 Å². The van der Waals surface area contributed by atoms with Gasteiger partial charge in [0.05, 0.1) is 5.54 Å². The first-order valence-corrected chi connectivity index (χ1v) is 14.6. The maximum absolute atomic E-state index is 13.9. The minimum atomic E-state index is -1.02. The minimum absolute atomic E-state index is 0.129. The summed E-state index contributed by atoms with van der Waals surface area (Å²) in [6.07, 6.45) is 10.3. The first kappa shape index (κ1) is 27.9. The zero-order valence-corrected chi connectivity index (χ0v) is 23.0. The van der Waals surface area contributed by atoms with E-state index in [1.54, 1.807) is 0 Å². The van der Waals surface area contributed by atoms with Crippen LogP contribution in [-0.2, 0) is 20.8 Å². The molecule has 3 amide bonds. The summed E-state index contributed by atoms with van der Waals surface area (Å²) in [5.41, 5.74) is 0.101. The Hall–Kier alpha value is -3.65. The van der Waals surface area contributed by atoms with Crippen molar-refractivity contribution in [1.82, 2.24) is 21.3 Å². The molecule has 1 aliphatic heterocycles. The van der Waals surface area contributed by atoms with Gasteiger partial charge in [0, 0.05) is 25.1 Å². The quantitative estimate of drug-likeness (QED) is 0.464. The number of rotatable bonds is 2. The lowest BCUT2D eigenvalue weighted by molar-refractivity contribution is -0.138. The molecular formula is C32H40N4O4. The van der Waals surface area contributed by atoms with Crippen molar-refractivity contribution in [3.05, 3.63) is 71.8 Å². The Labute approximate surface area is 236 Å². The van der Waals surface area contributed by atoms with Crippen LogP contribution in [0.5, 0.6) is 5.75 Å². The molecule has 2 aliphatic carbocycles. The highest BCUT2D eigenvalue weighted by atomic mass is 16.5. The average molecular weight is 545 g/mol. The number of carbonyl (C=O) groups excluding carboxylic acids is 3. The number of para-hydroxylation sites is 1. The molecule has 1 atom stereocenters. The van der Waals surface area contributed by atoms with Gasteiger partial charge in [-0.1, -0.05) is 86.4 Å². The molecule has 2 spiro atoms. The standard InChI is InChI=1S/C32H40N4O4/c37-28-26(23-24-11-2-1-3-12-24)35-29(38)32(18-8-9-19-32)36-30(39)31(16-6-7-17-31)34-21-22-40-27-15-5-4-13-25(27)14-10-20-33-28/h1-5,10-15,26,34H,6-9,16-23H2,(H,33,37)(H,35,38)(H,36,39)/b14-10-/t26-/m0/s1. The van der Waals surface area contributed by atoms with E-state index < -0.39 is 17.1 Å². The molecular weight excluding hydrogens is 504 g/mol. The minimum Gasteiger partial charge on any atom is -0.492 e. The SMILES string of the molecule is O=C1NC/C=C\c2ccccc2OCCNC2(CCCC2)C(=O)NC2(CCCC2)C(=O)N[C@H]1Cc1ccccc1. The second kappa shape index (κ2) is 12.7. The van der Waals surface area contributed by atoms with Crippen LogP contribution in [0.2, 0.25) is 0 Å². The Morgan fingerprint density at radius 3 is 2.23 bits per heavy atom. The molecule has 0 saturated heterocycles. The number of hydrogen-bond donors (Lipinski definition) is 4. The van der Waals surface area contributed by atoms with E-state index in [-0.39, 0.29) is 17.7 Å². The predicted molar refractivity (Wildman–Crippen MR) is 155 cm³/mol. The molecule has 8 heteroatoms. The van der Waals surface area contributed by atoms with Gasteiger partial charge in [-0.15, -0.1) is 0 Å². The van der Waals surface area contributed by atoms with Gasteiger partial charge in [-0.2, -0.15) is 0 Å². The first-order valence-electron chi connectivity index (χ1n) is 14.6. The van der Waals surface area contributed by atoms with Crippen molar-refractivity contribution in [2.24, 2.45) is 0 Å². The summed E-state index contributed by atoms with van der Waals surface area (Å²) in [7, 11) is 0. The third kappa shape index (κ3) is 6.39. The number of amides is 3. The highest BCUT2D eigenvalue weighted by Crippen LogP contribution is 2.34. The molecule has 2 aromatic carbocycles. The van der Waals surface area contributed by atoms with Gasteiger partial charge in [0.1, 0.15) is 23.9 Å². The Kier molecular flexibility index (Phi) is 8.85. The fraction of sp³-hybridized carbons (Fsp3) is 0.469. The molecule has 0 bridgehead atoms. The highest BCUT2D eigenvalue weighted by Gasteiger charge is 2.49. The van der Waals surface area contributed by atoms with Crippen molar-refractivity contribution in [2.45, 2.75) is 74.9 Å². The first-order chi connectivity index (χ1) is 19.5. The molecule has 8 nitrogen and oxygen atoms in total. The van der Waals surface area contributed by atoms with Crippen molar-refractivity contribution in [2.75, 3.05) is 19.7 Å². The van der Waals surface area contributed by atoms with E-state index in [1.807, 2.05) is 66.7 Å². The maximum atomic E-state index is 13.9. The summed E-state index contributed by atoms with van der Waals surface area (Å²) in [6, 6.07) is 16.6. The number of carbonyl (C=O) groups is 3. The van der Waals surface area contributed by atoms with E-state index in [0.717, 1.165) is 55.4 Å². The predicted octanol–water partition coefficient (Wildman–Crippen LogP) is 3.27. The molecule has 2 saturated carbocycles. The van der Waals surface area contributed by atoms with Gasteiger partial charge >= 0.3 is 0 Å². The lowest BCUT2D eigenvalue weighted by Gasteiger charge is -2.36. The van der Waals surface area contributed by atoms with E-state index in [4.69, 9.17) is 4.74 Å². The summed E-state index contributed by atoms with van der Waals surface area (Å²) in [5, 5.41) is 12.7. The second-order valence-corrected chi connectivity index (χ2v) is 11.2. The van der Waals surface area contributed by atoms with E-state index in [0.29, 0.717) is 39.0 Å². The zero-order valence-electron chi connectivity index (χ0n) is 23.0. The summed E-state index contributed by atoms with van der Waals surface area (Å²) in [6.45, 7) is 1.23. The number of fused-ring (bicyclic) bond motifs is 1. The molecule has 3 aliphatic rings. The van der Waals surface area contributed by atoms with Crippen molar-refractivity contribution < 1.29 is 19.1 Å². The lowest BCUT2D eigenvalue weighted by Crippen LogP contribution is -2.66. The Bertz CT molecular complexity index is 1220. The van der Waals surface area contributed by atoms with Gasteiger partial charge in [-0.3, -0.25) is 19.7 Å². The van der Waals surface area contributed by atoms with Gasteiger partial charge in [0.25, 0.3) is 0 Å². The molecule has 0 radical (unpaired) electrons. The number of ether oxygens (including phenoxy) is 1. The van der Waals surface area contributed by atoms with Crippen LogP contribution in [-0.4, -0.2) is 54.5 Å². The Morgan fingerprint density at radius 2 is 1.48 bits per heavy atom. The monoisotopic (exact) mass is 544 g/mol. The number of hydrogen-bond acceptors (Lipinski definition) is 5. The van der Waals surface area contributed by atoms with E-state index in [2.05, 4.69) is 21.3 Å². The summed E-state index contributed by atoms with van der Waals surface area (Å²) in [5.74, 6) is 0.0741. The van der Waals surface area contributed by atoms with Crippen molar-refractivity contribution >= 4 is 23.8 Å². The second-order valence-electron chi connectivity index (χ2n) is 11.2.